The minimum atomic E-state index is -2.45. The number of likely N-dealkylation sites (N-methyl/N-ethyl adjacent to an activating group) is 1. The topological polar surface area (TPSA) is 223 Å². The molecule has 1 aliphatic heterocycles. The maximum atomic E-state index is 13.7. The van der Waals surface area contributed by atoms with Gasteiger partial charge in [0.1, 0.15) is 29.4 Å². The smallest absolute Gasteiger partial charge is 0.294 e. The zero-order valence-electron chi connectivity index (χ0n) is 24.7. The van der Waals surface area contributed by atoms with Gasteiger partial charge in [-0.2, -0.15) is 0 Å². The summed E-state index contributed by atoms with van der Waals surface area (Å²) in [7, 11) is 3.10. The molecule has 15 nitrogen and oxygen atoms in total. The zero-order valence-corrected chi connectivity index (χ0v) is 24.7. The lowest BCUT2D eigenvalue weighted by molar-refractivity contribution is -0.759. The van der Waals surface area contributed by atoms with Crippen molar-refractivity contribution in [3.8, 4) is 5.75 Å². The summed E-state index contributed by atoms with van der Waals surface area (Å²) in [4.78, 5) is 59.0. The van der Waals surface area contributed by atoms with Crippen LogP contribution < -0.4 is 5.32 Å². The molecule has 0 radical (unpaired) electrons. The standard InChI is InChI=1S/C29H38N4O11/c1-14-16-7-4-8-18(34)21(16)25(37)22-20(14)19(35)10-17(31(2)3)24(36)23(27(39)28(40)26(22)38)29(41)30-13-32-9-5-6-15(11-32)12-44-33(42)43/h4,7-8,14-15,17,19-20,28,34-36,38,40H,5-6,9-13H2,1-3H3,(H,30,41)/b24-23-,26-22-/t14-,15?,17-,19+,20-,28-/m0/s1. The molecule has 1 saturated heterocycles. The van der Waals surface area contributed by atoms with Gasteiger partial charge in [0.15, 0.2) is 11.9 Å². The molecule has 1 aromatic carbocycles. The molecule has 2 aliphatic carbocycles. The fourth-order valence-corrected chi connectivity index (χ4v) is 6.47. The number of amides is 1. The largest absolute Gasteiger partial charge is 0.510 e. The monoisotopic (exact) mass is 618 g/mol. The van der Waals surface area contributed by atoms with Crippen LogP contribution in [-0.4, -0.2) is 117 Å². The van der Waals surface area contributed by atoms with Crippen molar-refractivity contribution >= 4 is 17.5 Å². The Bertz CT molecular complexity index is 1390. The lowest BCUT2D eigenvalue weighted by atomic mass is 9.67. The molecule has 1 heterocycles. The second kappa shape index (κ2) is 13.3. The molecule has 6 N–H and O–H groups in total. The molecular formula is C29H38N4O11. The lowest BCUT2D eigenvalue weighted by Crippen LogP contribution is -2.48. The van der Waals surface area contributed by atoms with Crippen molar-refractivity contribution in [3.05, 3.63) is 62.1 Å². The molecule has 0 saturated carbocycles. The van der Waals surface area contributed by atoms with Gasteiger partial charge in [-0.15, -0.1) is 10.1 Å². The second-order valence-corrected chi connectivity index (χ2v) is 11.8. The Labute approximate surface area is 253 Å². The van der Waals surface area contributed by atoms with E-state index in [0.29, 0.717) is 31.5 Å². The highest BCUT2D eigenvalue weighted by atomic mass is 16.9. The molecule has 1 aromatic rings. The van der Waals surface area contributed by atoms with E-state index in [1.165, 1.54) is 17.0 Å². The summed E-state index contributed by atoms with van der Waals surface area (Å²) in [6.45, 7) is 2.33. The summed E-state index contributed by atoms with van der Waals surface area (Å²) in [5, 5.41) is 67.7. The van der Waals surface area contributed by atoms with Gasteiger partial charge < -0.3 is 35.7 Å². The minimum Gasteiger partial charge on any atom is -0.510 e. The summed E-state index contributed by atoms with van der Waals surface area (Å²) in [5.41, 5.74) is -1.06. The van der Waals surface area contributed by atoms with Crippen LogP contribution in [0, 0.1) is 22.0 Å². The molecule has 3 aliphatic rings. The molecular weight excluding hydrogens is 580 g/mol. The Morgan fingerprint density at radius 2 is 1.89 bits per heavy atom. The predicted octanol–water partition coefficient (Wildman–Crippen LogP) is 0.551. The van der Waals surface area contributed by atoms with E-state index in [4.69, 9.17) is 0 Å². The number of phenols is 1. The van der Waals surface area contributed by atoms with Crippen LogP contribution in [0.3, 0.4) is 0 Å². The van der Waals surface area contributed by atoms with E-state index in [0.717, 1.165) is 0 Å². The van der Waals surface area contributed by atoms with Crippen molar-refractivity contribution in [1.29, 1.82) is 0 Å². The van der Waals surface area contributed by atoms with Gasteiger partial charge in [0.2, 0.25) is 5.78 Å². The average Bonchev–Trinajstić information content (AvgIpc) is 2.98. The number of carbonyl (C=O) groups is 3. The molecule has 44 heavy (non-hydrogen) atoms. The van der Waals surface area contributed by atoms with Crippen LogP contribution in [-0.2, 0) is 14.4 Å². The van der Waals surface area contributed by atoms with Crippen molar-refractivity contribution in [2.75, 3.05) is 40.5 Å². The van der Waals surface area contributed by atoms with E-state index in [-0.39, 0.29) is 36.9 Å². The third-order valence-electron chi connectivity index (χ3n) is 8.72. The second-order valence-electron chi connectivity index (χ2n) is 11.8. The molecule has 0 spiro atoms. The number of nitrogens with one attached hydrogen (secondary N) is 1. The van der Waals surface area contributed by atoms with Crippen LogP contribution in [0.2, 0.25) is 0 Å². The van der Waals surface area contributed by atoms with Gasteiger partial charge in [-0.25, -0.2) is 0 Å². The summed E-state index contributed by atoms with van der Waals surface area (Å²) < 4.78 is 0. The molecule has 6 atom stereocenters. The fourth-order valence-electron chi connectivity index (χ4n) is 6.47. The van der Waals surface area contributed by atoms with E-state index in [2.05, 4.69) is 10.2 Å². The quantitative estimate of drug-likeness (QED) is 0.140. The number of hydrogen-bond donors (Lipinski definition) is 6. The van der Waals surface area contributed by atoms with Crippen LogP contribution in [0.1, 0.15) is 48.0 Å². The van der Waals surface area contributed by atoms with Crippen LogP contribution in [0.25, 0.3) is 0 Å². The van der Waals surface area contributed by atoms with Crippen molar-refractivity contribution < 1.29 is 49.8 Å². The van der Waals surface area contributed by atoms with Gasteiger partial charge in [-0.3, -0.25) is 24.2 Å². The zero-order chi connectivity index (χ0) is 32.5. The van der Waals surface area contributed by atoms with E-state index >= 15 is 0 Å². The summed E-state index contributed by atoms with van der Waals surface area (Å²) in [6, 6.07) is 3.30. The molecule has 4 rings (SSSR count). The number of aliphatic hydroxyl groups excluding tert-OH is 4. The lowest BCUT2D eigenvalue weighted by Gasteiger charge is -2.39. The van der Waals surface area contributed by atoms with E-state index in [9.17, 15) is 50.0 Å². The Morgan fingerprint density at radius 3 is 2.55 bits per heavy atom. The van der Waals surface area contributed by atoms with E-state index in [1.54, 1.807) is 32.0 Å². The van der Waals surface area contributed by atoms with Crippen LogP contribution >= 0.6 is 0 Å². The number of fused-ring (bicyclic) bond motifs is 2. The van der Waals surface area contributed by atoms with Gasteiger partial charge in [0, 0.05) is 18.0 Å². The number of aliphatic hydroxyl groups is 4. The van der Waals surface area contributed by atoms with Crippen molar-refractivity contribution in [3.63, 3.8) is 0 Å². The molecule has 1 unspecified atom stereocenters. The Morgan fingerprint density at radius 1 is 1.18 bits per heavy atom. The molecule has 15 heteroatoms. The maximum Gasteiger partial charge on any atom is 0.294 e. The maximum absolute atomic E-state index is 13.7. The third-order valence-corrected chi connectivity index (χ3v) is 8.72. The number of ketones is 2. The number of likely N-dealkylation sites (tertiary alicyclic amines) is 1. The molecule has 0 aromatic heterocycles. The van der Waals surface area contributed by atoms with Gasteiger partial charge in [-0.1, -0.05) is 19.1 Å². The van der Waals surface area contributed by atoms with Gasteiger partial charge in [0.25, 0.3) is 11.0 Å². The van der Waals surface area contributed by atoms with Crippen molar-refractivity contribution in [2.45, 2.75) is 50.4 Å². The van der Waals surface area contributed by atoms with Crippen LogP contribution in [0.15, 0.2) is 40.9 Å². The first-order valence-corrected chi connectivity index (χ1v) is 14.3. The van der Waals surface area contributed by atoms with Crippen molar-refractivity contribution in [2.24, 2.45) is 11.8 Å². The number of aromatic hydroxyl groups is 1. The van der Waals surface area contributed by atoms with E-state index < -0.39 is 75.3 Å². The number of rotatable bonds is 7. The number of Topliss-reactive ketones (excluding diaryl/α,β-unsaturated/α-hetero) is 2. The number of carbonyl (C=O) groups excluding carboxylic acids is 3. The SMILES string of the molecule is C[C@H]1c2cccc(O)c2C(=O)/C2=C(\O)[C@H](O)C(=O)/C(C(=O)NCN3CCCC(CO[N+](=O)[O-])C3)=C(/O)[C@@H](N(C)C)C[C@@H](O)[C@@H]21. The number of phenolic OH excluding ortho intramolecular Hbond substituents is 1. The van der Waals surface area contributed by atoms with Gasteiger partial charge in [0.05, 0.1) is 24.4 Å². The Kier molecular flexibility index (Phi) is 9.93. The molecule has 1 fully saturated rings. The summed E-state index contributed by atoms with van der Waals surface area (Å²) in [5.74, 6) is -7.49. The highest BCUT2D eigenvalue weighted by Gasteiger charge is 2.47. The normalized spacial score (nSPS) is 31.7. The first-order chi connectivity index (χ1) is 20.7. The highest BCUT2D eigenvalue weighted by Crippen LogP contribution is 2.46. The number of nitrogens with zero attached hydrogens (tertiary/aromatic N) is 3. The Balaban J connectivity index is 1.69. The molecule has 0 bridgehead atoms. The third kappa shape index (κ3) is 6.40. The van der Waals surface area contributed by atoms with E-state index in [1.807, 2.05) is 0 Å². The number of benzene rings is 1. The number of hydrogen-bond acceptors (Lipinski definition) is 13. The van der Waals surface area contributed by atoms with Crippen LogP contribution in [0.4, 0.5) is 0 Å². The number of piperidine rings is 1. The highest BCUT2D eigenvalue weighted by molar-refractivity contribution is 6.22. The molecule has 1 amide bonds. The Hall–Kier alpha value is -4.05. The van der Waals surface area contributed by atoms with Crippen molar-refractivity contribution in [1.82, 2.24) is 15.1 Å². The average molecular weight is 619 g/mol. The first kappa shape index (κ1) is 32.9. The first-order valence-electron chi connectivity index (χ1n) is 14.3. The fraction of sp³-hybridized carbons (Fsp3) is 0.552. The summed E-state index contributed by atoms with van der Waals surface area (Å²) in [6.07, 6.45) is -2.79. The molecule has 240 valence electrons. The van der Waals surface area contributed by atoms with Crippen LogP contribution in [0.5, 0.6) is 5.75 Å². The minimum absolute atomic E-state index is 0.107. The summed E-state index contributed by atoms with van der Waals surface area (Å²) >= 11 is 0. The van der Waals surface area contributed by atoms with Gasteiger partial charge >= 0.3 is 0 Å². The van der Waals surface area contributed by atoms with Gasteiger partial charge in [-0.05, 0) is 63.4 Å². The predicted molar refractivity (Wildman–Crippen MR) is 153 cm³/mol.